The first-order valence-corrected chi connectivity index (χ1v) is 8.56. The van der Waals surface area contributed by atoms with Gasteiger partial charge in [0.05, 0.1) is 23.7 Å². The van der Waals surface area contributed by atoms with Crippen molar-refractivity contribution in [3.8, 4) is 5.88 Å². The van der Waals surface area contributed by atoms with Crippen LogP contribution in [0.15, 0.2) is 58.5 Å². The highest BCUT2D eigenvalue weighted by molar-refractivity contribution is 5.67. The van der Waals surface area contributed by atoms with Crippen molar-refractivity contribution in [3.05, 3.63) is 70.4 Å². The number of imidazole rings is 1. The van der Waals surface area contributed by atoms with Gasteiger partial charge >= 0.3 is 0 Å². The van der Waals surface area contributed by atoms with E-state index in [-0.39, 0.29) is 18.5 Å². The number of nitrogens with zero attached hydrogens (tertiary/aromatic N) is 4. The minimum absolute atomic E-state index is 0.0379. The van der Waals surface area contributed by atoms with E-state index in [1.54, 1.807) is 17.7 Å². The van der Waals surface area contributed by atoms with E-state index in [4.69, 9.17) is 0 Å². The van der Waals surface area contributed by atoms with Crippen LogP contribution >= 0.6 is 0 Å². The van der Waals surface area contributed by atoms with Gasteiger partial charge in [-0.25, -0.2) is 15.0 Å². The predicted molar refractivity (Wildman–Crippen MR) is 104 cm³/mol. The average Bonchev–Trinajstić information content (AvgIpc) is 3.27. The van der Waals surface area contributed by atoms with Gasteiger partial charge in [-0.3, -0.25) is 4.57 Å². The van der Waals surface area contributed by atoms with Crippen molar-refractivity contribution in [1.82, 2.24) is 9.55 Å². The fourth-order valence-electron chi connectivity index (χ4n) is 2.97. The fourth-order valence-corrected chi connectivity index (χ4v) is 2.97. The summed E-state index contributed by atoms with van der Waals surface area (Å²) in [5, 5.41) is 25.1. The average molecular weight is 361 g/mol. The van der Waals surface area contributed by atoms with Crippen LogP contribution in [0.5, 0.6) is 5.88 Å². The molecular weight excluding hydrogens is 342 g/mol. The van der Waals surface area contributed by atoms with Crippen molar-refractivity contribution in [1.29, 1.82) is 0 Å². The third-order valence-corrected chi connectivity index (χ3v) is 4.48. The summed E-state index contributed by atoms with van der Waals surface area (Å²) < 4.78 is 1.55. The van der Waals surface area contributed by atoms with Crippen LogP contribution in [0.2, 0.25) is 0 Å². The number of aromatic hydroxyl groups is 1. The molecule has 0 aliphatic carbocycles. The van der Waals surface area contributed by atoms with Crippen LogP contribution in [0.4, 0.5) is 11.6 Å². The van der Waals surface area contributed by atoms with Gasteiger partial charge in [0.2, 0.25) is 11.8 Å². The van der Waals surface area contributed by atoms with Gasteiger partial charge in [0.25, 0.3) is 0 Å². The molecule has 0 amide bonds. The van der Waals surface area contributed by atoms with Gasteiger partial charge in [-0.15, -0.1) is 0 Å². The smallest absolute Gasteiger partial charge is 0.220 e. The first kappa shape index (κ1) is 17.0. The second-order valence-corrected chi connectivity index (χ2v) is 6.26. The Bertz CT molecular complexity index is 1120. The molecular formula is C20H19N5O2. The van der Waals surface area contributed by atoms with Crippen molar-refractivity contribution in [2.45, 2.75) is 6.04 Å². The van der Waals surface area contributed by atoms with Gasteiger partial charge in [-0.2, -0.15) is 0 Å². The summed E-state index contributed by atoms with van der Waals surface area (Å²) in [6, 6.07) is 15.0. The number of benzene rings is 2. The van der Waals surface area contributed by atoms with Crippen LogP contribution in [0.3, 0.4) is 0 Å². The molecule has 0 saturated heterocycles. The number of hydrogen-bond acceptors (Lipinski definition) is 6. The minimum Gasteiger partial charge on any atom is -0.493 e. The van der Waals surface area contributed by atoms with Gasteiger partial charge in [-0.05, 0) is 29.0 Å². The lowest BCUT2D eigenvalue weighted by Crippen LogP contribution is -2.17. The van der Waals surface area contributed by atoms with Gasteiger partial charge in [0, 0.05) is 7.05 Å². The van der Waals surface area contributed by atoms with E-state index in [9.17, 15) is 10.2 Å². The SMILES string of the molecule is Cn1c(N[C@H](CO)c2ccccc2)nc(C=c2ccc3c(c2)N=CN=3)c1O. The Morgan fingerprint density at radius 2 is 2.00 bits per heavy atom. The highest BCUT2D eigenvalue weighted by atomic mass is 16.3. The molecule has 0 radical (unpaired) electrons. The normalized spacial score (nSPS) is 14.1. The Balaban J connectivity index is 1.66. The van der Waals surface area contributed by atoms with Crippen molar-refractivity contribution >= 4 is 24.1 Å². The Labute approximate surface area is 155 Å². The summed E-state index contributed by atoms with van der Waals surface area (Å²) in [6.45, 7) is -0.0942. The third-order valence-electron chi connectivity index (χ3n) is 4.48. The van der Waals surface area contributed by atoms with Gasteiger partial charge in [0.15, 0.2) is 0 Å². The maximum atomic E-state index is 10.4. The zero-order valence-electron chi connectivity index (χ0n) is 14.7. The lowest BCUT2D eigenvalue weighted by molar-refractivity contribution is 0.275. The number of anilines is 1. The molecule has 7 heteroatoms. The van der Waals surface area contributed by atoms with Gasteiger partial charge in [-0.1, -0.05) is 36.4 Å². The van der Waals surface area contributed by atoms with E-state index in [0.717, 1.165) is 21.8 Å². The Kier molecular flexibility index (Phi) is 4.43. The minimum atomic E-state index is -0.324. The molecule has 0 saturated carbocycles. The number of hydrogen-bond donors (Lipinski definition) is 3. The molecule has 0 fully saturated rings. The lowest BCUT2D eigenvalue weighted by atomic mass is 10.1. The molecule has 3 N–H and O–H groups in total. The molecule has 27 heavy (non-hydrogen) atoms. The molecule has 136 valence electrons. The van der Waals surface area contributed by atoms with Crippen LogP contribution in [0.25, 0.3) is 6.08 Å². The molecule has 0 unspecified atom stereocenters. The number of fused-ring (bicyclic) bond motifs is 1. The molecule has 1 aliphatic rings. The highest BCUT2D eigenvalue weighted by Crippen LogP contribution is 2.25. The van der Waals surface area contributed by atoms with Crippen LogP contribution in [-0.2, 0) is 7.05 Å². The van der Waals surface area contributed by atoms with Crippen molar-refractivity contribution in [2.24, 2.45) is 17.0 Å². The molecule has 7 nitrogen and oxygen atoms in total. The Morgan fingerprint density at radius 1 is 1.19 bits per heavy atom. The van der Waals surface area contributed by atoms with Crippen molar-refractivity contribution < 1.29 is 10.2 Å². The van der Waals surface area contributed by atoms with E-state index >= 15 is 0 Å². The molecule has 0 spiro atoms. The molecule has 0 bridgehead atoms. The van der Waals surface area contributed by atoms with E-state index < -0.39 is 0 Å². The van der Waals surface area contributed by atoms with Crippen LogP contribution in [-0.4, -0.2) is 32.7 Å². The number of aliphatic hydroxyl groups excluding tert-OH is 1. The van der Waals surface area contributed by atoms with E-state index in [2.05, 4.69) is 20.3 Å². The first-order chi connectivity index (χ1) is 13.2. The summed E-state index contributed by atoms with van der Waals surface area (Å²) in [5.74, 6) is 0.506. The topological polar surface area (TPSA) is 95.0 Å². The van der Waals surface area contributed by atoms with E-state index in [1.165, 1.54) is 6.34 Å². The largest absolute Gasteiger partial charge is 0.493 e. The zero-order chi connectivity index (χ0) is 18.8. The standard InChI is InChI=1S/C20H19N5O2/c1-25-19(27)17(10-13-7-8-15-16(9-13)22-12-21-15)23-20(25)24-18(11-26)14-5-3-2-4-6-14/h2-10,12,18,26-27H,11H2,1H3,(H,23,24)/t18-/m1/s1. The van der Waals surface area contributed by atoms with Crippen molar-refractivity contribution in [3.63, 3.8) is 0 Å². The van der Waals surface area contributed by atoms with Gasteiger partial charge in [0.1, 0.15) is 12.0 Å². The maximum Gasteiger partial charge on any atom is 0.220 e. The van der Waals surface area contributed by atoms with Crippen LogP contribution < -0.4 is 15.9 Å². The summed E-state index contributed by atoms with van der Waals surface area (Å²) in [5.41, 5.74) is 2.17. The second kappa shape index (κ2) is 7.05. The van der Waals surface area contributed by atoms with Crippen LogP contribution in [0, 0.1) is 0 Å². The highest BCUT2D eigenvalue weighted by Gasteiger charge is 2.17. The monoisotopic (exact) mass is 361 g/mol. The summed E-state index contributed by atoms with van der Waals surface area (Å²) in [4.78, 5) is 12.8. The Morgan fingerprint density at radius 3 is 2.78 bits per heavy atom. The summed E-state index contributed by atoms with van der Waals surface area (Å²) >= 11 is 0. The number of rotatable bonds is 5. The molecule has 1 aromatic heterocycles. The molecule has 2 aromatic carbocycles. The number of aromatic nitrogens is 2. The number of aliphatic hydroxyl groups is 1. The molecule has 4 rings (SSSR count). The quantitative estimate of drug-likeness (QED) is 0.640. The van der Waals surface area contributed by atoms with E-state index in [1.807, 2.05) is 48.5 Å². The molecule has 2 heterocycles. The van der Waals surface area contributed by atoms with Gasteiger partial charge < -0.3 is 15.5 Å². The zero-order valence-corrected chi connectivity index (χ0v) is 14.7. The summed E-state index contributed by atoms with van der Waals surface area (Å²) in [7, 11) is 1.72. The lowest BCUT2D eigenvalue weighted by Gasteiger charge is -2.17. The molecule has 1 atom stereocenters. The molecule has 1 aliphatic heterocycles. The first-order valence-electron chi connectivity index (χ1n) is 8.56. The summed E-state index contributed by atoms with van der Waals surface area (Å²) in [6.07, 6.45) is 3.30. The second-order valence-electron chi connectivity index (χ2n) is 6.26. The van der Waals surface area contributed by atoms with Crippen molar-refractivity contribution in [2.75, 3.05) is 11.9 Å². The maximum absolute atomic E-state index is 10.4. The Hall–Kier alpha value is -3.45. The fraction of sp³-hybridized carbons (Fsp3) is 0.150. The molecule has 3 aromatic rings. The predicted octanol–water partition coefficient (Wildman–Crippen LogP) is 1.39. The number of nitrogens with one attached hydrogen (secondary N) is 1. The third kappa shape index (κ3) is 3.32. The van der Waals surface area contributed by atoms with Crippen LogP contribution in [0.1, 0.15) is 17.3 Å². The van der Waals surface area contributed by atoms with E-state index in [0.29, 0.717) is 11.6 Å². The number of aliphatic imine (C=N–C) groups is 1.